The summed E-state index contributed by atoms with van der Waals surface area (Å²) in [6, 6.07) is 15.9. The van der Waals surface area contributed by atoms with E-state index in [0.717, 1.165) is 44.7 Å². The molecule has 0 bridgehead atoms. The number of rotatable bonds is 4. The van der Waals surface area contributed by atoms with E-state index in [2.05, 4.69) is 25.3 Å². The van der Waals surface area contributed by atoms with Gasteiger partial charge in [-0.1, -0.05) is 18.2 Å². The van der Waals surface area contributed by atoms with Crippen molar-refractivity contribution in [3.05, 3.63) is 78.9 Å². The zero-order valence-corrected chi connectivity index (χ0v) is 14.4. The van der Waals surface area contributed by atoms with E-state index in [9.17, 15) is 0 Å². The number of para-hydroxylation sites is 2. The quantitative estimate of drug-likeness (QED) is 0.507. The van der Waals surface area contributed by atoms with Gasteiger partial charge in [0.25, 0.3) is 0 Å². The van der Waals surface area contributed by atoms with Gasteiger partial charge in [-0.2, -0.15) is 0 Å². The van der Waals surface area contributed by atoms with Crippen molar-refractivity contribution < 1.29 is 0 Å². The Labute approximate surface area is 155 Å². The standard InChI is InChI=1S/C21H16N6/c1-2-6-18-17(5-1)24-13-19(26-18)16-10-20(27-21-15(16)7-9-23-21)25-12-14-4-3-8-22-11-14/h1-11,13H,12H2,(H2,23,25,27). The second-order valence-corrected chi connectivity index (χ2v) is 6.25. The number of aromatic nitrogens is 5. The van der Waals surface area contributed by atoms with Crippen molar-refractivity contribution >= 4 is 27.9 Å². The largest absolute Gasteiger partial charge is 0.366 e. The summed E-state index contributed by atoms with van der Waals surface area (Å²) in [6.45, 7) is 0.649. The highest BCUT2D eigenvalue weighted by molar-refractivity contribution is 5.94. The molecule has 6 nitrogen and oxygen atoms in total. The monoisotopic (exact) mass is 352 g/mol. The molecule has 4 aromatic heterocycles. The summed E-state index contributed by atoms with van der Waals surface area (Å²) in [7, 11) is 0. The van der Waals surface area contributed by atoms with Gasteiger partial charge in [-0.15, -0.1) is 0 Å². The highest BCUT2D eigenvalue weighted by Crippen LogP contribution is 2.29. The average molecular weight is 352 g/mol. The van der Waals surface area contributed by atoms with Crippen molar-refractivity contribution in [1.82, 2.24) is 24.9 Å². The van der Waals surface area contributed by atoms with E-state index < -0.39 is 0 Å². The fourth-order valence-corrected chi connectivity index (χ4v) is 3.12. The Bertz CT molecular complexity index is 1230. The molecule has 0 fully saturated rings. The first-order chi connectivity index (χ1) is 13.4. The summed E-state index contributed by atoms with van der Waals surface area (Å²) in [5.41, 5.74) is 5.49. The second-order valence-electron chi connectivity index (χ2n) is 6.25. The van der Waals surface area contributed by atoms with E-state index in [1.807, 2.05) is 67.1 Å². The van der Waals surface area contributed by atoms with E-state index in [1.165, 1.54) is 0 Å². The summed E-state index contributed by atoms with van der Waals surface area (Å²) >= 11 is 0. The molecular formula is C21H16N6. The van der Waals surface area contributed by atoms with Gasteiger partial charge in [0, 0.05) is 36.1 Å². The third kappa shape index (κ3) is 2.97. The third-order valence-electron chi connectivity index (χ3n) is 4.45. The normalized spacial score (nSPS) is 11.1. The molecule has 2 N–H and O–H groups in total. The van der Waals surface area contributed by atoms with Gasteiger partial charge in [-0.05, 0) is 35.9 Å². The molecule has 5 rings (SSSR count). The van der Waals surface area contributed by atoms with Crippen LogP contribution in [0.2, 0.25) is 0 Å². The van der Waals surface area contributed by atoms with E-state index in [0.29, 0.717) is 6.54 Å². The first kappa shape index (κ1) is 15.5. The molecule has 0 saturated heterocycles. The number of aromatic amines is 1. The number of H-pyrrole nitrogens is 1. The molecule has 0 aliphatic rings. The van der Waals surface area contributed by atoms with Crippen LogP contribution in [-0.2, 0) is 6.54 Å². The van der Waals surface area contributed by atoms with Gasteiger partial charge in [0.2, 0.25) is 0 Å². The molecule has 0 amide bonds. The van der Waals surface area contributed by atoms with Gasteiger partial charge in [0.15, 0.2) is 0 Å². The number of anilines is 1. The molecule has 4 heterocycles. The number of benzene rings is 1. The lowest BCUT2D eigenvalue weighted by Gasteiger charge is -2.09. The molecule has 130 valence electrons. The van der Waals surface area contributed by atoms with Gasteiger partial charge in [-0.25, -0.2) is 9.97 Å². The summed E-state index contributed by atoms with van der Waals surface area (Å²) in [6.07, 6.45) is 7.31. The van der Waals surface area contributed by atoms with Crippen LogP contribution >= 0.6 is 0 Å². The molecular weight excluding hydrogens is 336 g/mol. The van der Waals surface area contributed by atoms with Crippen LogP contribution in [0.15, 0.2) is 73.3 Å². The predicted octanol–water partition coefficient (Wildman–Crippen LogP) is 4.18. The van der Waals surface area contributed by atoms with Crippen LogP contribution in [0.3, 0.4) is 0 Å². The van der Waals surface area contributed by atoms with E-state index in [4.69, 9.17) is 4.98 Å². The average Bonchev–Trinajstić information content (AvgIpc) is 3.21. The van der Waals surface area contributed by atoms with Gasteiger partial charge >= 0.3 is 0 Å². The maximum Gasteiger partial charge on any atom is 0.140 e. The Kier molecular flexibility index (Phi) is 3.72. The first-order valence-electron chi connectivity index (χ1n) is 8.70. The van der Waals surface area contributed by atoms with E-state index in [-0.39, 0.29) is 0 Å². The Morgan fingerprint density at radius 1 is 0.926 bits per heavy atom. The van der Waals surface area contributed by atoms with Crippen LogP contribution in [-0.4, -0.2) is 24.9 Å². The lowest BCUT2D eigenvalue weighted by molar-refractivity contribution is 1.09. The van der Waals surface area contributed by atoms with Crippen LogP contribution in [0, 0.1) is 0 Å². The molecule has 0 atom stereocenters. The van der Waals surface area contributed by atoms with Crippen molar-refractivity contribution in [3.63, 3.8) is 0 Å². The van der Waals surface area contributed by atoms with Crippen molar-refractivity contribution in [3.8, 4) is 11.3 Å². The number of nitrogens with zero attached hydrogens (tertiary/aromatic N) is 4. The summed E-state index contributed by atoms with van der Waals surface area (Å²) < 4.78 is 0. The van der Waals surface area contributed by atoms with E-state index in [1.54, 1.807) is 6.20 Å². The zero-order valence-electron chi connectivity index (χ0n) is 14.4. The fourth-order valence-electron chi connectivity index (χ4n) is 3.12. The molecule has 0 spiro atoms. The molecule has 0 aliphatic heterocycles. The smallest absolute Gasteiger partial charge is 0.140 e. The molecule has 5 aromatic rings. The predicted molar refractivity (Wildman–Crippen MR) is 106 cm³/mol. The van der Waals surface area contributed by atoms with Gasteiger partial charge < -0.3 is 10.3 Å². The van der Waals surface area contributed by atoms with Crippen LogP contribution in [0.1, 0.15) is 5.56 Å². The molecule has 0 radical (unpaired) electrons. The number of pyridine rings is 2. The number of fused-ring (bicyclic) bond motifs is 2. The Morgan fingerprint density at radius 2 is 1.85 bits per heavy atom. The minimum absolute atomic E-state index is 0.649. The molecule has 27 heavy (non-hydrogen) atoms. The topological polar surface area (TPSA) is 79.4 Å². The van der Waals surface area contributed by atoms with Crippen LogP contribution in [0.4, 0.5) is 5.82 Å². The number of hydrogen-bond donors (Lipinski definition) is 2. The maximum absolute atomic E-state index is 4.79. The van der Waals surface area contributed by atoms with Crippen molar-refractivity contribution in [2.24, 2.45) is 0 Å². The lowest BCUT2D eigenvalue weighted by atomic mass is 10.1. The SMILES string of the molecule is c1cncc(CNc2cc(-c3cnc4ccccc4n3)c3cc[nH]c3n2)c1. The van der Waals surface area contributed by atoms with Crippen molar-refractivity contribution in [1.29, 1.82) is 0 Å². The number of nitrogens with one attached hydrogen (secondary N) is 2. The highest BCUT2D eigenvalue weighted by Gasteiger charge is 2.11. The minimum atomic E-state index is 0.649. The first-order valence-corrected chi connectivity index (χ1v) is 8.70. The van der Waals surface area contributed by atoms with Crippen molar-refractivity contribution in [2.75, 3.05) is 5.32 Å². The van der Waals surface area contributed by atoms with Gasteiger partial charge in [-0.3, -0.25) is 9.97 Å². The lowest BCUT2D eigenvalue weighted by Crippen LogP contribution is -2.02. The Hall–Kier alpha value is -3.80. The maximum atomic E-state index is 4.79. The molecule has 0 aliphatic carbocycles. The van der Waals surface area contributed by atoms with Gasteiger partial charge in [0.1, 0.15) is 11.5 Å². The second kappa shape index (κ2) is 6.49. The number of hydrogen-bond acceptors (Lipinski definition) is 5. The molecule has 0 saturated carbocycles. The van der Waals surface area contributed by atoms with E-state index >= 15 is 0 Å². The summed E-state index contributed by atoms with van der Waals surface area (Å²) in [4.78, 5) is 21.3. The van der Waals surface area contributed by atoms with Gasteiger partial charge in [0.05, 0.1) is 22.9 Å². The minimum Gasteiger partial charge on any atom is -0.366 e. The van der Waals surface area contributed by atoms with Crippen LogP contribution < -0.4 is 5.32 Å². The molecule has 6 heteroatoms. The van der Waals surface area contributed by atoms with Crippen LogP contribution in [0.5, 0.6) is 0 Å². The van der Waals surface area contributed by atoms with Crippen molar-refractivity contribution in [2.45, 2.75) is 6.54 Å². The zero-order chi connectivity index (χ0) is 18.1. The Morgan fingerprint density at radius 3 is 2.74 bits per heavy atom. The Balaban J connectivity index is 1.57. The highest BCUT2D eigenvalue weighted by atomic mass is 15.0. The third-order valence-corrected chi connectivity index (χ3v) is 4.45. The summed E-state index contributed by atoms with van der Waals surface area (Å²) in [5.74, 6) is 0.777. The summed E-state index contributed by atoms with van der Waals surface area (Å²) in [5, 5.41) is 4.39. The molecule has 1 aromatic carbocycles. The fraction of sp³-hybridized carbons (Fsp3) is 0.0476. The van der Waals surface area contributed by atoms with Crippen LogP contribution in [0.25, 0.3) is 33.3 Å². The molecule has 0 unspecified atom stereocenters.